The van der Waals surface area contributed by atoms with Crippen molar-refractivity contribution in [1.82, 2.24) is 4.98 Å². The Balaban J connectivity index is 1.58. The topological polar surface area (TPSA) is 12.9 Å². The van der Waals surface area contributed by atoms with E-state index in [1.165, 1.54) is 26.3 Å². The molecule has 4 rings (SSSR count). The molecule has 0 saturated carbocycles. The van der Waals surface area contributed by atoms with Gasteiger partial charge in [-0.1, -0.05) is 48.5 Å². The normalized spacial score (nSPS) is 11.0. The van der Waals surface area contributed by atoms with E-state index >= 15 is 0 Å². The zero-order valence-electron chi connectivity index (χ0n) is 13.4. The predicted octanol–water partition coefficient (Wildman–Crippen LogP) is 6.56. The fourth-order valence-electron chi connectivity index (χ4n) is 2.67. The van der Waals surface area contributed by atoms with Crippen molar-refractivity contribution in [3.63, 3.8) is 0 Å². The van der Waals surface area contributed by atoms with Gasteiger partial charge in [0.15, 0.2) is 0 Å². The van der Waals surface area contributed by atoms with Gasteiger partial charge in [-0.05, 0) is 42.3 Å². The molecule has 24 heavy (non-hydrogen) atoms. The second-order valence-electron chi connectivity index (χ2n) is 5.74. The SMILES string of the molecule is Cc1ccccc1SCc1cccc(-c2nc3ccccc3s2)c1. The lowest BCUT2D eigenvalue weighted by molar-refractivity contribution is 1.29. The van der Waals surface area contributed by atoms with Gasteiger partial charge in [-0.25, -0.2) is 4.98 Å². The molecule has 0 spiro atoms. The minimum Gasteiger partial charge on any atom is -0.236 e. The van der Waals surface area contributed by atoms with Crippen molar-refractivity contribution in [3.8, 4) is 10.6 Å². The van der Waals surface area contributed by atoms with Crippen molar-refractivity contribution in [2.24, 2.45) is 0 Å². The number of hydrogen-bond donors (Lipinski definition) is 0. The van der Waals surface area contributed by atoms with Crippen LogP contribution in [-0.4, -0.2) is 4.98 Å². The van der Waals surface area contributed by atoms with E-state index in [0.717, 1.165) is 16.3 Å². The zero-order chi connectivity index (χ0) is 16.4. The molecule has 1 heterocycles. The van der Waals surface area contributed by atoms with Crippen molar-refractivity contribution < 1.29 is 0 Å². The summed E-state index contributed by atoms with van der Waals surface area (Å²) >= 11 is 3.65. The summed E-state index contributed by atoms with van der Waals surface area (Å²) in [7, 11) is 0. The lowest BCUT2D eigenvalue weighted by atomic mass is 10.1. The fourth-order valence-corrected chi connectivity index (χ4v) is 4.60. The van der Waals surface area contributed by atoms with E-state index in [9.17, 15) is 0 Å². The van der Waals surface area contributed by atoms with Crippen molar-refractivity contribution >= 4 is 33.3 Å². The first-order chi connectivity index (χ1) is 11.8. The molecule has 0 aliphatic rings. The summed E-state index contributed by atoms with van der Waals surface area (Å²) in [6.07, 6.45) is 0. The van der Waals surface area contributed by atoms with Gasteiger partial charge in [-0.15, -0.1) is 23.1 Å². The monoisotopic (exact) mass is 347 g/mol. The van der Waals surface area contributed by atoms with Crippen molar-refractivity contribution in [2.75, 3.05) is 0 Å². The molecule has 0 fully saturated rings. The summed E-state index contributed by atoms with van der Waals surface area (Å²) in [5, 5.41) is 1.10. The van der Waals surface area contributed by atoms with Crippen LogP contribution in [0.1, 0.15) is 11.1 Å². The maximum absolute atomic E-state index is 4.77. The first-order valence-corrected chi connectivity index (χ1v) is 9.73. The molecule has 0 aliphatic carbocycles. The van der Waals surface area contributed by atoms with E-state index in [1.54, 1.807) is 11.3 Å². The molecular weight excluding hydrogens is 330 g/mol. The Morgan fingerprint density at radius 2 is 1.75 bits per heavy atom. The molecule has 0 saturated heterocycles. The third kappa shape index (κ3) is 3.23. The smallest absolute Gasteiger partial charge is 0.124 e. The van der Waals surface area contributed by atoms with Crippen molar-refractivity contribution in [1.29, 1.82) is 0 Å². The molecule has 0 unspecified atom stereocenters. The van der Waals surface area contributed by atoms with Gasteiger partial charge in [0, 0.05) is 16.2 Å². The molecule has 0 N–H and O–H groups in total. The van der Waals surface area contributed by atoms with Crippen LogP contribution in [-0.2, 0) is 5.75 Å². The van der Waals surface area contributed by atoms with Crippen LogP contribution in [0.5, 0.6) is 0 Å². The predicted molar refractivity (Wildman–Crippen MR) is 106 cm³/mol. The maximum atomic E-state index is 4.77. The largest absolute Gasteiger partial charge is 0.236 e. The molecule has 0 aliphatic heterocycles. The summed E-state index contributed by atoms with van der Waals surface area (Å²) in [4.78, 5) is 6.12. The van der Waals surface area contributed by atoms with Gasteiger partial charge in [-0.3, -0.25) is 0 Å². The minimum atomic E-state index is 0.976. The Hall–Kier alpha value is -2.10. The van der Waals surface area contributed by atoms with E-state index in [4.69, 9.17) is 4.98 Å². The van der Waals surface area contributed by atoms with Crippen LogP contribution in [0.25, 0.3) is 20.8 Å². The number of aromatic nitrogens is 1. The third-order valence-electron chi connectivity index (χ3n) is 3.96. The average molecular weight is 348 g/mol. The number of hydrogen-bond acceptors (Lipinski definition) is 3. The number of thiazole rings is 1. The maximum Gasteiger partial charge on any atom is 0.124 e. The first kappa shape index (κ1) is 15.4. The van der Waals surface area contributed by atoms with Gasteiger partial charge in [0.2, 0.25) is 0 Å². The van der Waals surface area contributed by atoms with Gasteiger partial charge in [0.05, 0.1) is 10.2 Å². The summed E-state index contributed by atoms with van der Waals surface area (Å²) in [6, 6.07) is 25.6. The van der Waals surface area contributed by atoms with Crippen molar-refractivity contribution in [3.05, 3.63) is 83.9 Å². The number of para-hydroxylation sites is 1. The highest BCUT2D eigenvalue weighted by Gasteiger charge is 2.07. The Kier molecular flexibility index (Phi) is 4.37. The number of benzene rings is 3. The number of nitrogens with zero attached hydrogens (tertiary/aromatic N) is 1. The van der Waals surface area contributed by atoms with E-state index in [2.05, 4.69) is 73.7 Å². The Bertz CT molecular complexity index is 955. The van der Waals surface area contributed by atoms with E-state index in [0.29, 0.717) is 0 Å². The van der Waals surface area contributed by atoms with Gasteiger partial charge >= 0.3 is 0 Å². The number of aryl methyl sites for hydroxylation is 1. The molecule has 1 aromatic heterocycles. The third-order valence-corrected chi connectivity index (χ3v) is 6.29. The number of rotatable bonds is 4. The quantitative estimate of drug-likeness (QED) is 0.387. The number of thioether (sulfide) groups is 1. The molecule has 3 aromatic carbocycles. The van der Waals surface area contributed by atoms with Crippen LogP contribution in [0.15, 0.2) is 77.7 Å². The highest BCUT2D eigenvalue weighted by molar-refractivity contribution is 7.98. The second-order valence-corrected chi connectivity index (χ2v) is 7.79. The lowest BCUT2D eigenvalue weighted by Gasteiger charge is -2.06. The molecule has 0 amide bonds. The Labute approximate surface area is 150 Å². The van der Waals surface area contributed by atoms with Crippen LogP contribution < -0.4 is 0 Å². The van der Waals surface area contributed by atoms with Gasteiger partial charge in [-0.2, -0.15) is 0 Å². The van der Waals surface area contributed by atoms with Crippen molar-refractivity contribution in [2.45, 2.75) is 17.6 Å². The van der Waals surface area contributed by atoms with Crippen LogP contribution >= 0.6 is 23.1 Å². The zero-order valence-corrected chi connectivity index (χ0v) is 15.0. The standard InChI is InChI=1S/C21H17NS2/c1-15-7-2-4-11-19(15)23-14-16-8-6-9-17(13-16)21-22-18-10-3-5-12-20(18)24-21/h2-13H,14H2,1H3. The molecule has 3 heteroatoms. The molecule has 1 nitrogen and oxygen atoms in total. The lowest BCUT2D eigenvalue weighted by Crippen LogP contribution is -1.84. The van der Waals surface area contributed by atoms with Crippen LogP contribution in [0.3, 0.4) is 0 Å². The minimum absolute atomic E-state index is 0.976. The highest BCUT2D eigenvalue weighted by Crippen LogP contribution is 2.32. The van der Waals surface area contributed by atoms with Crippen LogP contribution in [0.4, 0.5) is 0 Å². The summed E-state index contributed by atoms with van der Waals surface area (Å²) in [5.41, 5.74) is 4.96. The average Bonchev–Trinajstić information content (AvgIpc) is 3.06. The first-order valence-electron chi connectivity index (χ1n) is 7.93. The molecule has 118 valence electrons. The van der Waals surface area contributed by atoms with E-state index in [1.807, 2.05) is 17.8 Å². The van der Waals surface area contributed by atoms with Gasteiger partial charge in [0.25, 0.3) is 0 Å². The van der Waals surface area contributed by atoms with Crippen LogP contribution in [0, 0.1) is 6.92 Å². The molecule has 4 aromatic rings. The fraction of sp³-hybridized carbons (Fsp3) is 0.0952. The summed E-state index contributed by atoms with van der Waals surface area (Å²) < 4.78 is 1.24. The molecular formula is C21H17NS2. The number of fused-ring (bicyclic) bond motifs is 1. The van der Waals surface area contributed by atoms with E-state index in [-0.39, 0.29) is 0 Å². The molecule has 0 atom stereocenters. The Morgan fingerprint density at radius 3 is 2.62 bits per heavy atom. The summed E-state index contributed by atoms with van der Waals surface area (Å²) in [5.74, 6) is 0.976. The Morgan fingerprint density at radius 1 is 0.917 bits per heavy atom. The van der Waals surface area contributed by atoms with Crippen LogP contribution in [0.2, 0.25) is 0 Å². The summed E-state index contributed by atoms with van der Waals surface area (Å²) in [6.45, 7) is 2.17. The van der Waals surface area contributed by atoms with E-state index < -0.39 is 0 Å². The van der Waals surface area contributed by atoms with Gasteiger partial charge in [0.1, 0.15) is 5.01 Å². The highest BCUT2D eigenvalue weighted by atomic mass is 32.2. The molecule has 0 bridgehead atoms. The second kappa shape index (κ2) is 6.80. The van der Waals surface area contributed by atoms with Gasteiger partial charge < -0.3 is 0 Å². The molecule has 0 radical (unpaired) electrons.